The minimum Gasteiger partial charge on any atom is -0.367 e. The summed E-state index contributed by atoms with van der Waals surface area (Å²) >= 11 is 0. The number of aromatic nitrogens is 1. The van der Waals surface area contributed by atoms with Gasteiger partial charge in [-0.25, -0.2) is 17.2 Å². The Morgan fingerprint density at radius 1 is 0.926 bits per heavy atom. The molecule has 0 spiro atoms. The van der Waals surface area contributed by atoms with Crippen LogP contribution in [0.5, 0.6) is 0 Å². The van der Waals surface area contributed by atoms with E-state index in [1.165, 1.54) is 4.31 Å². The van der Waals surface area contributed by atoms with E-state index in [0.29, 0.717) is 19.2 Å². The van der Waals surface area contributed by atoms with Crippen molar-refractivity contribution in [3.63, 3.8) is 0 Å². The Morgan fingerprint density at radius 3 is 2.41 bits per heavy atom. The number of hydrogen-bond acceptors (Lipinski definition) is 4. The molecule has 0 bridgehead atoms. The van der Waals surface area contributed by atoms with Crippen LogP contribution < -0.4 is 4.90 Å². The maximum absolute atomic E-state index is 14.0. The van der Waals surface area contributed by atoms with E-state index in [-0.39, 0.29) is 13.1 Å². The molecule has 1 fully saturated rings. The summed E-state index contributed by atoms with van der Waals surface area (Å²) in [7, 11) is -4.01. The number of pyridine rings is 1. The van der Waals surface area contributed by atoms with Gasteiger partial charge in [0.25, 0.3) is 0 Å². The van der Waals surface area contributed by atoms with Crippen LogP contribution in [0.15, 0.2) is 59.8 Å². The molecular formula is C19H17F2N3O2S. The maximum atomic E-state index is 14.0. The second kappa shape index (κ2) is 6.86. The summed E-state index contributed by atoms with van der Waals surface area (Å²) in [6, 6.07) is 10.4. The molecular weight excluding hydrogens is 372 g/mol. The standard InChI is InChI=1S/C19H17F2N3O2S/c20-15-5-6-19(17(21)11-15)27(25,26)24-9-7-23(8-10-24)18-13-22-12-14-3-1-2-4-16(14)18/h1-6,11-13H,7-10H2. The van der Waals surface area contributed by atoms with Crippen molar-refractivity contribution in [1.29, 1.82) is 0 Å². The van der Waals surface area contributed by atoms with Gasteiger partial charge in [0.05, 0.1) is 11.9 Å². The van der Waals surface area contributed by atoms with Gasteiger partial charge in [-0.15, -0.1) is 0 Å². The van der Waals surface area contributed by atoms with Crippen LogP contribution in [0.3, 0.4) is 0 Å². The average molecular weight is 389 g/mol. The molecule has 1 aliphatic heterocycles. The lowest BCUT2D eigenvalue weighted by Crippen LogP contribution is -2.48. The van der Waals surface area contributed by atoms with Gasteiger partial charge in [-0.1, -0.05) is 24.3 Å². The van der Waals surface area contributed by atoms with Crippen LogP contribution in [0.1, 0.15) is 0 Å². The van der Waals surface area contributed by atoms with Crippen molar-refractivity contribution < 1.29 is 17.2 Å². The van der Waals surface area contributed by atoms with E-state index >= 15 is 0 Å². The number of halogens is 2. The van der Waals surface area contributed by atoms with Crippen LogP contribution >= 0.6 is 0 Å². The topological polar surface area (TPSA) is 53.5 Å². The lowest BCUT2D eigenvalue weighted by molar-refractivity contribution is 0.382. The Balaban J connectivity index is 1.56. The molecule has 1 aromatic heterocycles. The fraction of sp³-hybridized carbons (Fsp3) is 0.211. The van der Waals surface area contributed by atoms with Crippen LogP contribution in [0, 0.1) is 11.6 Å². The first-order valence-electron chi connectivity index (χ1n) is 8.50. The molecule has 140 valence electrons. The van der Waals surface area contributed by atoms with Gasteiger partial charge in [0, 0.05) is 49.2 Å². The zero-order valence-corrected chi connectivity index (χ0v) is 15.2. The highest BCUT2D eigenvalue weighted by molar-refractivity contribution is 7.89. The van der Waals surface area contributed by atoms with Gasteiger partial charge in [0.1, 0.15) is 16.5 Å². The predicted octanol–water partition coefficient (Wildman–Crippen LogP) is 3.02. The molecule has 1 aliphatic rings. The summed E-state index contributed by atoms with van der Waals surface area (Å²) in [6.45, 7) is 1.33. The molecule has 0 unspecified atom stereocenters. The van der Waals surface area contributed by atoms with Gasteiger partial charge in [-0.2, -0.15) is 4.31 Å². The molecule has 0 amide bonds. The molecule has 2 aromatic carbocycles. The summed E-state index contributed by atoms with van der Waals surface area (Å²) < 4.78 is 53.7. The SMILES string of the molecule is O=S(=O)(c1ccc(F)cc1F)N1CCN(c2cncc3ccccc23)CC1. The molecule has 2 heterocycles. The molecule has 5 nitrogen and oxygen atoms in total. The summed E-state index contributed by atoms with van der Waals surface area (Å²) in [5.41, 5.74) is 0.943. The van der Waals surface area contributed by atoms with Crippen LogP contribution in [-0.2, 0) is 10.0 Å². The molecule has 0 aliphatic carbocycles. The Hall–Kier alpha value is -2.58. The van der Waals surface area contributed by atoms with E-state index < -0.39 is 26.6 Å². The van der Waals surface area contributed by atoms with Crippen molar-refractivity contribution in [2.75, 3.05) is 31.1 Å². The quantitative estimate of drug-likeness (QED) is 0.691. The summed E-state index contributed by atoms with van der Waals surface area (Å²) in [5, 5.41) is 2.06. The number of fused-ring (bicyclic) bond motifs is 1. The highest BCUT2D eigenvalue weighted by Gasteiger charge is 2.31. The molecule has 0 radical (unpaired) electrons. The van der Waals surface area contributed by atoms with E-state index in [1.807, 2.05) is 24.3 Å². The Morgan fingerprint density at radius 2 is 1.67 bits per heavy atom. The smallest absolute Gasteiger partial charge is 0.246 e. The predicted molar refractivity (Wildman–Crippen MR) is 99.1 cm³/mol. The minimum atomic E-state index is -4.01. The molecule has 3 aromatic rings. The van der Waals surface area contributed by atoms with E-state index in [1.54, 1.807) is 12.4 Å². The third-order valence-electron chi connectivity index (χ3n) is 4.74. The third kappa shape index (κ3) is 3.26. The lowest BCUT2D eigenvalue weighted by atomic mass is 10.1. The summed E-state index contributed by atoms with van der Waals surface area (Å²) in [5.74, 6) is -1.88. The Kier molecular flexibility index (Phi) is 4.53. The number of anilines is 1. The first kappa shape index (κ1) is 17.8. The molecule has 27 heavy (non-hydrogen) atoms. The second-order valence-electron chi connectivity index (χ2n) is 6.35. The fourth-order valence-electron chi connectivity index (χ4n) is 3.35. The van der Waals surface area contributed by atoms with Gasteiger partial charge in [-0.05, 0) is 12.1 Å². The number of nitrogens with zero attached hydrogens (tertiary/aromatic N) is 3. The van der Waals surface area contributed by atoms with Crippen LogP contribution in [0.2, 0.25) is 0 Å². The number of hydrogen-bond donors (Lipinski definition) is 0. The molecule has 8 heteroatoms. The fourth-order valence-corrected chi connectivity index (χ4v) is 4.81. The van der Waals surface area contributed by atoms with Gasteiger partial charge in [0.2, 0.25) is 10.0 Å². The Labute approximate surface area is 155 Å². The van der Waals surface area contributed by atoms with Crippen LogP contribution in [0.4, 0.5) is 14.5 Å². The van der Waals surface area contributed by atoms with Crippen molar-refractivity contribution >= 4 is 26.5 Å². The molecule has 1 saturated heterocycles. The van der Waals surface area contributed by atoms with E-state index in [4.69, 9.17) is 0 Å². The number of rotatable bonds is 3. The largest absolute Gasteiger partial charge is 0.367 e. The normalized spacial score (nSPS) is 16.0. The van der Waals surface area contributed by atoms with Crippen molar-refractivity contribution in [1.82, 2.24) is 9.29 Å². The molecule has 0 N–H and O–H groups in total. The van der Waals surface area contributed by atoms with Crippen molar-refractivity contribution in [2.45, 2.75) is 4.90 Å². The number of sulfonamides is 1. The summed E-state index contributed by atoms with van der Waals surface area (Å²) in [6.07, 6.45) is 3.56. The van der Waals surface area contributed by atoms with E-state index in [0.717, 1.165) is 28.6 Å². The van der Waals surface area contributed by atoms with E-state index in [9.17, 15) is 17.2 Å². The lowest BCUT2D eigenvalue weighted by Gasteiger charge is -2.35. The van der Waals surface area contributed by atoms with Gasteiger partial charge < -0.3 is 4.90 Å². The third-order valence-corrected chi connectivity index (χ3v) is 6.67. The highest BCUT2D eigenvalue weighted by Crippen LogP contribution is 2.28. The minimum absolute atomic E-state index is 0.211. The highest BCUT2D eigenvalue weighted by atomic mass is 32.2. The maximum Gasteiger partial charge on any atom is 0.246 e. The van der Waals surface area contributed by atoms with Crippen molar-refractivity contribution in [2.24, 2.45) is 0 Å². The first-order valence-corrected chi connectivity index (χ1v) is 9.94. The first-order chi connectivity index (χ1) is 13.0. The van der Waals surface area contributed by atoms with E-state index in [2.05, 4.69) is 9.88 Å². The van der Waals surface area contributed by atoms with Crippen LogP contribution in [0.25, 0.3) is 10.8 Å². The zero-order chi connectivity index (χ0) is 19.0. The zero-order valence-electron chi connectivity index (χ0n) is 14.3. The molecule has 4 rings (SSSR count). The van der Waals surface area contributed by atoms with Crippen molar-refractivity contribution in [3.05, 3.63) is 66.5 Å². The van der Waals surface area contributed by atoms with Gasteiger partial charge in [-0.3, -0.25) is 4.98 Å². The number of piperazine rings is 1. The molecule has 0 saturated carbocycles. The van der Waals surface area contributed by atoms with Crippen LogP contribution in [-0.4, -0.2) is 43.9 Å². The second-order valence-corrected chi connectivity index (χ2v) is 8.25. The number of benzene rings is 2. The van der Waals surface area contributed by atoms with Gasteiger partial charge in [0.15, 0.2) is 0 Å². The average Bonchev–Trinajstić information content (AvgIpc) is 2.67. The van der Waals surface area contributed by atoms with Gasteiger partial charge >= 0.3 is 0 Å². The summed E-state index contributed by atoms with van der Waals surface area (Å²) in [4.78, 5) is 5.84. The Bertz CT molecular complexity index is 1090. The molecule has 0 atom stereocenters. The van der Waals surface area contributed by atoms with Crippen molar-refractivity contribution in [3.8, 4) is 0 Å². The monoisotopic (exact) mass is 389 g/mol.